The van der Waals surface area contributed by atoms with Crippen molar-refractivity contribution in [2.24, 2.45) is 4.99 Å². The van der Waals surface area contributed by atoms with Crippen molar-refractivity contribution >= 4 is 45.7 Å². The van der Waals surface area contributed by atoms with Crippen LogP contribution in [0.5, 0.6) is 5.75 Å². The molecular formula is C17H27IN4O4S. The molecule has 1 aromatic rings. The van der Waals surface area contributed by atoms with Crippen LogP contribution in [0.1, 0.15) is 18.4 Å². The van der Waals surface area contributed by atoms with Crippen LogP contribution >= 0.6 is 24.0 Å². The van der Waals surface area contributed by atoms with E-state index in [2.05, 4.69) is 20.9 Å². The Morgan fingerprint density at radius 2 is 2.04 bits per heavy atom. The molecule has 1 aliphatic heterocycles. The third-order valence-corrected chi connectivity index (χ3v) is 5.87. The molecule has 0 bridgehead atoms. The number of nitrogens with zero attached hydrogens (tertiary/aromatic N) is 1. The number of benzene rings is 1. The first-order chi connectivity index (χ1) is 12.4. The summed E-state index contributed by atoms with van der Waals surface area (Å²) in [6.07, 6.45) is 0.732. The Morgan fingerprint density at radius 1 is 1.30 bits per heavy atom. The van der Waals surface area contributed by atoms with Gasteiger partial charge in [-0.25, -0.2) is 8.42 Å². The number of aliphatic imine (C=N–C) groups is 1. The molecule has 8 nitrogen and oxygen atoms in total. The maximum Gasteiger partial charge on any atom is 0.222 e. The minimum atomic E-state index is -2.99. The molecule has 1 aliphatic rings. The first-order valence-corrected chi connectivity index (χ1v) is 10.3. The molecule has 2 rings (SSSR count). The van der Waals surface area contributed by atoms with Crippen molar-refractivity contribution in [1.29, 1.82) is 0 Å². The Kier molecular flexibility index (Phi) is 9.84. The van der Waals surface area contributed by atoms with E-state index in [1.165, 1.54) is 0 Å². The van der Waals surface area contributed by atoms with Crippen LogP contribution in [-0.2, 0) is 21.2 Å². The van der Waals surface area contributed by atoms with E-state index in [-0.39, 0.29) is 53.9 Å². The van der Waals surface area contributed by atoms with Crippen LogP contribution in [0.2, 0.25) is 0 Å². The molecule has 27 heavy (non-hydrogen) atoms. The summed E-state index contributed by atoms with van der Waals surface area (Å²) in [5.41, 5.74) is 0.998. The standard InChI is InChI=1S/C17H26N4O4S.HI/c1-18-17(20-11-13-5-3-4-6-15(13)25-2)19-9-7-16(22)21-14-8-10-26(23,24)12-14;/h3-6,14H,7-12H2,1-2H3,(H,21,22)(H2,18,19,20);1H. The average Bonchev–Trinajstić information content (AvgIpc) is 2.96. The van der Waals surface area contributed by atoms with Gasteiger partial charge in [-0.3, -0.25) is 9.79 Å². The number of nitrogens with one attached hydrogen (secondary N) is 3. The molecule has 0 aromatic heterocycles. The smallest absolute Gasteiger partial charge is 0.222 e. The summed E-state index contributed by atoms with van der Waals surface area (Å²) in [5, 5.41) is 9.00. The molecule has 1 amide bonds. The lowest BCUT2D eigenvalue weighted by atomic mass is 10.2. The van der Waals surface area contributed by atoms with E-state index in [0.29, 0.717) is 25.5 Å². The van der Waals surface area contributed by atoms with Gasteiger partial charge < -0.3 is 20.7 Å². The fraction of sp³-hybridized carbons (Fsp3) is 0.529. The van der Waals surface area contributed by atoms with Gasteiger partial charge in [-0.2, -0.15) is 0 Å². The molecule has 1 unspecified atom stereocenters. The molecule has 10 heteroatoms. The number of sulfone groups is 1. The highest BCUT2D eigenvalue weighted by molar-refractivity contribution is 14.0. The number of halogens is 1. The van der Waals surface area contributed by atoms with Crippen molar-refractivity contribution in [2.45, 2.75) is 25.4 Å². The van der Waals surface area contributed by atoms with E-state index in [0.717, 1.165) is 11.3 Å². The van der Waals surface area contributed by atoms with Crippen molar-refractivity contribution in [3.8, 4) is 5.75 Å². The van der Waals surface area contributed by atoms with E-state index < -0.39 is 9.84 Å². The first kappa shape index (κ1) is 23.5. The Bertz CT molecular complexity index is 755. The van der Waals surface area contributed by atoms with Crippen molar-refractivity contribution in [3.05, 3.63) is 29.8 Å². The third-order valence-electron chi connectivity index (χ3n) is 4.10. The maximum absolute atomic E-state index is 11.9. The zero-order chi connectivity index (χ0) is 19.0. The Balaban J connectivity index is 0.00000364. The van der Waals surface area contributed by atoms with Gasteiger partial charge in [0.15, 0.2) is 15.8 Å². The van der Waals surface area contributed by atoms with Crippen molar-refractivity contribution in [3.63, 3.8) is 0 Å². The third kappa shape index (κ3) is 7.91. The zero-order valence-corrected chi connectivity index (χ0v) is 18.7. The van der Waals surface area contributed by atoms with Crippen molar-refractivity contribution < 1.29 is 17.9 Å². The van der Waals surface area contributed by atoms with Crippen molar-refractivity contribution in [1.82, 2.24) is 16.0 Å². The van der Waals surface area contributed by atoms with Crippen LogP contribution < -0.4 is 20.7 Å². The fourth-order valence-corrected chi connectivity index (χ4v) is 4.43. The molecule has 1 aromatic carbocycles. The average molecular weight is 510 g/mol. The highest BCUT2D eigenvalue weighted by Crippen LogP contribution is 2.16. The maximum atomic E-state index is 11.9. The molecule has 0 saturated carbocycles. The van der Waals surface area contributed by atoms with Gasteiger partial charge in [-0.1, -0.05) is 18.2 Å². The van der Waals surface area contributed by atoms with Crippen LogP contribution in [0.25, 0.3) is 0 Å². The van der Waals surface area contributed by atoms with Crippen LogP contribution in [0.3, 0.4) is 0 Å². The topological polar surface area (TPSA) is 109 Å². The second-order valence-corrected chi connectivity index (χ2v) is 8.31. The van der Waals surface area contributed by atoms with Gasteiger partial charge in [-0.05, 0) is 12.5 Å². The number of guanidine groups is 1. The number of para-hydroxylation sites is 1. The molecule has 3 N–H and O–H groups in total. The second-order valence-electron chi connectivity index (χ2n) is 6.08. The summed E-state index contributed by atoms with van der Waals surface area (Å²) in [4.78, 5) is 16.0. The number of rotatable bonds is 7. The molecular weight excluding hydrogens is 483 g/mol. The van der Waals surface area contributed by atoms with Gasteiger partial charge in [0.1, 0.15) is 5.75 Å². The summed E-state index contributed by atoms with van der Waals surface area (Å²) in [7, 11) is 0.291. The predicted molar refractivity (Wildman–Crippen MR) is 116 cm³/mol. The molecule has 152 valence electrons. The Labute approximate surface area is 177 Å². The summed E-state index contributed by atoms with van der Waals surface area (Å²) in [6.45, 7) is 0.937. The summed E-state index contributed by atoms with van der Waals surface area (Å²) < 4.78 is 28.1. The summed E-state index contributed by atoms with van der Waals surface area (Å²) >= 11 is 0. The van der Waals surface area contributed by atoms with E-state index in [4.69, 9.17) is 4.74 Å². The van der Waals surface area contributed by atoms with Crippen LogP contribution in [0.4, 0.5) is 0 Å². The molecule has 1 atom stereocenters. The van der Waals surface area contributed by atoms with E-state index >= 15 is 0 Å². The number of amides is 1. The first-order valence-electron chi connectivity index (χ1n) is 8.49. The van der Waals surface area contributed by atoms with Gasteiger partial charge in [-0.15, -0.1) is 24.0 Å². The van der Waals surface area contributed by atoms with Gasteiger partial charge in [0.25, 0.3) is 0 Å². The SMILES string of the molecule is CN=C(NCCC(=O)NC1CCS(=O)(=O)C1)NCc1ccccc1OC.I. The Morgan fingerprint density at radius 3 is 2.67 bits per heavy atom. The summed E-state index contributed by atoms with van der Waals surface area (Å²) in [6, 6.07) is 7.42. The molecule has 1 saturated heterocycles. The number of hydrogen-bond acceptors (Lipinski definition) is 5. The molecule has 1 fully saturated rings. The number of hydrogen-bond donors (Lipinski definition) is 3. The second kappa shape index (κ2) is 11.3. The van der Waals surface area contributed by atoms with E-state index in [9.17, 15) is 13.2 Å². The lowest BCUT2D eigenvalue weighted by molar-refractivity contribution is -0.121. The van der Waals surface area contributed by atoms with Gasteiger partial charge in [0, 0.05) is 38.2 Å². The number of ether oxygens (including phenoxy) is 1. The largest absolute Gasteiger partial charge is 0.496 e. The van der Waals surface area contributed by atoms with Crippen LogP contribution in [-0.4, -0.2) is 58.5 Å². The minimum Gasteiger partial charge on any atom is -0.496 e. The van der Waals surface area contributed by atoms with E-state index in [1.54, 1.807) is 14.2 Å². The van der Waals surface area contributed by atoms with Gasteiger partial charge >= 0.3 is 0 Å². The van der Waals surface area contributed by atoms with Crippen LogP contribution in [0, 0.1) is 0 Å². The van der Waals surface area contributed by atoms with Gasteiger partial charge in [0.2, 0.25) is 5.91 Å². The zero-order valence-electron chi connectivity index (χ0n) is 15.5. The summed E-state index contributed by atoms with van der Waals surface area (Å²) in [5.74, 6) is 1.39. The molecule has 1 heterocycles. The predicted octanol–water partition coefficient (Wildman–Crippen LogP) is 0.672. The fourth-order valence-electron chi connectivity index (χ4n) is 2.75. The molecule has 0 aliphatic carbocycles. The van der Waals surface area contributed by atoms with E-state index in [1.807, 2.05) is 24.3 Å². The number of methoxy groups -OCH3 is 1. The van der Waals surface area contributed by atoms with Gasteiger partial charge in [0.05, 0.1) is 18.6 Å². The highest BCUT2D eigenvalue weighted by Gasteiger charge is 2.28. The quantitative estimate of drug-likeness (QED) is 0.283. The monoisotopic (exact) mass is 510 g/mol. The lowest BCUT2D eigenvalue weighted by Crippen LogP contribution is -2.41. The molecule has 0 radical (unpaired) electrons. The van der Waals surface area contributed by atoms with Crippen LogP contribution in [0.15, 0.2) is 29.3 Å². The highest BCUT2D eigenvalue weighted by atomic mass is 127. The molecule has 0 spiro atoms. The number of carbonyl (C=O) groups excluding carboxylic acids is 1. The minimum absolute atomic E-state index is 0. The normalized spacial score (nSPS) is 18.3. The Hall–Kier alpha value is -1.56. The van der Waals surface area contributed by atoms with Crippen molar-refractivity contribution in [2.75, 3.05) is 32.2 Å². The lowest BCUT2D eigenvalue weighted by Gasteiger charge is -2.14. The number of carbonyl (C=O) groups is 1.